The van der Waals surface area contributed by atoms with Crippen molar-refractivity contribution in [2.75, 3.05) is 39.0 Å². The van der Waals surface area contributed by atoms with Gasteiger partial charge >= 0.3 is 0 Å². The van der Waals surface area contributed by atoms with Crippen molar-refractivity contribution in [2.45, 2.75) is 26.7 Å². The second-order valence-electron chi connectivity index (χ2n) is 5.39. The Morgan fingerprint density at radius 3 is 2.65 bits per heavy atom. The minimum absolute atomic E-state index is 0.00561. The molecule has 0 saturated heterocycles. The molecule has 0 unspecified atom stereocenters. The zero-order valence-corrected chi connectivity index (χ0v) is 13.1. The molecule has 0 fully saturated rings. The number of nitrogens with one attached hydrogen (secondary N) is 2. The molecule has 20 heavy (non-hydrogen) atoms. The maximum Gasteiger partial charge on any atom is 0.253 e. The lowest BCUT2D eigenvalue weighted by Crippen LogP contribution is -2.28. The van der Waals surface area contributed by atoms with Crippen LogP contribution in [0.15, 0.2) is 18.2 Å². The van der Waals surface area contributed by atoms with Crippen molar-refractivity contribution in [3.63, 3.8) is 0 Å². The lowest BCUT2D eigenvalue weighted by molar-refractivity contribution is 0.0953. The van der Waals surface area contributed by atoms with Crippen molar-refractivity contribution in [1.29, 1.82) is 0 Å². The van der Waals surface area contributed by atoms with Crippen LogP contribution >= 0.6 is 0 Å². The molecule has 2 N–H and O–H groups in total. The standard InChI is InChI=1S/C16H27N3O/c1-5-9-17-15-8-7-13(2)12-14(15)16(20)18-10-6-11-19(3)4/h7-8,12,17H,5-6,9-11H2,1-4H3,(H,18,20). The predicted octanol–water partition coefficient (Wildman–Crippen LogP) is 2.50. The molecular weight excluding hydrogens is 250 g/mol. The lowest BCUT2D eigenvalue weighted by atomic mass is 10.1. The SMILES string of the molecule is CCCNc1ccc(C)cc1C(=O)NCCCN(C)C. The van der Waals surface area contributed by atoms with E-state index in [0.717, 1.165) is 42.7 Å². The zero-order valence-electron chi connectivity index (χ0n) is 13.1. The zero-order chi connectivity index (χ0) is 15.0. The largest absolute Gasteiger partial charge is 0.384 e. The molecule has 4 heteroatoms. The Kier molecular flexibility index (Phi) is 7.09. The van der Waals surface area contributed by atoms with E-state index in [1.54, 1.807) is 0 Å². The molecule has 0 spiro atoms. The second-order valence-corrected chi connectivity index (χ2v) is 5.39. The van der Waals surface area contributed by atoms with Gasteiger partial charge in [0.25, 0.3) is 5.91 Å². The van der Waals surface area contributed by atoms with Gasteiger partial charge in [-0.15, -0.1) is 0 Å². The minimum atomic E-state index is 0.00561. The molecule has 0 heterocycles. The Bertz CT molecular complexity index is 430. The lowest BCUT2D eigenvalue weighted by Gasteiger charge is -2.13. The number of rotatable bonds is 8. The first-order chi connectivity index (χ1) is 9.54. The number of hydrogen-bond donors (Lipinski definition) is 2. The molecular formula is C16H27N3O. The molecule has 0 aromatic heterocycles. The number of benzene rings is 1. The summed E-state index contributed by atoms with van der Waals surface area (Å²) >= 11 is 0. The van der Waals surface area contributed by atoms with Gasteiger partial charge in [-0.05, 0) is 52.5 Å². The van der Waals surface area contributed by atoms with Crippen molar-refractivity contribution in [2.24, 2.45) is 0 Å². The topological polar surface area (TPSA) is 44.4 Å². The predicted molar refractivity (Wildman–Crippen MR) is 85.5 cm³/mol. The van der Waals surface area contributed by atoms with Crippen LogP contribution in [0.5, 0.6) is 0 Å². The molecule has 4 nitrogen and oxygen atoms in total. The van der Waals surface area contributed by atoms with Gasteiger partial charge in [-0.2, -0.15) is 0 Å². The van der Waals surface area contributed by atoms with Crippen LogP contribution < -0.4 is 10.6 Å². The summed E-state index contributed by atoms with van der Waals surface area (Å²) in [6, 6.07) is 5.96. The summed E-state index contributed by atoms with van der Waals surface area (Å²) in [6.07, 6.45) is 2.00. The molecule has 0 atom stereocenters. The van der Waals surface area contributed by atoms with Gasteiger partial charge in [0.15, 0.2) is 0 Å². The van der Waals surface area contributed by atoms with Gasteiger partial charge in [-0.25, -0.2) is 0 Å². The van der Waals surface area contributed by atoms with E-state index in [1.807, 2.05) is 39.2 Å². The maximum absolute atomic E-state index is 12.3. The second kappa shape index (κ2) is 8.59. The molecule has 1 amide bonds. The summed E-state index contributed by atoms with van der Waals surface area (Å²) in [7, 11) is 4.07. The highest BCUT2D eigenvalue weighted by Crippen LogP contribution is 2.17. The van der Waals surface area contributed by atoms with E-state index in [-0.39, 0.29) is 5.91 Å². The molecule has 1 aromatic carbocycles. The summed E-state index contributed by atoms with van der Waals surface area (Å²) in [6.45, 7) is 6.69. The van der Waals surface area contributed by atoms with E-state index < -0.39 is 0 Å². The summed E-state index contributed by atoms with van der Waals surface area (Å²) in [4.78, 5) is 14.4. The average Bonchev–Trinajstić information content (AvgIpc) is 2.41. The van der Waals surface area contributed by atoms with E-state index in [2.05, 4.69) is 22.5 Å². The van der Waals surface area contributed by atoms with Crippen molar-refractivity contribution < 1.29 is 4.79 Å². The normalized spacial score (nSPS) is 10.7. The van der Waals surface area contributed by atoms with E-state index in [0.29, 0.717) is 6.54 Å². The molecule has 1 rings (SSSR count). The maximum atomic E-state index is 12.3. The van der Waals surface area contributed by atoms with Gasteiger partial charge in [-0.3, -0.25) is 4.79 Å². The Balaban J connectivity index is 2.63. The molecule has 0 radical (unpaired) electrons. The molecule has 0 bridgehead atoms. The molecule has 0 aliphatic rings. The van der Waals surface area contributed by atoms with Crippen LogP contribution in [-0.4, -0.2) is 44.5 Å². The van der Waals surface area contributed by atoms with Crippen LogP contribution in [0, 0.1) is 6.92 Å². The van der Waals surface area contributed by atoms with Gasteiger partial charge in [0.05, 0.1) is 5.56 Å². The fourth-order valence-electron chi connectivity index (χ4n) is 1.95. The third kappa shape index (κ3) is 5.61. The Labute approximate surface area is 122 Å². The highest BCUT2D eigenvalue weighted by molar-refractivity contribution is 5.99. The Hall–Kier alpha value is -1.55. The molecule has 112 valence electrons. The third-order valence-corrected chi connectivity index (χ3v) is 3.05. The molecule has 1 aromatic rings. The van der Waals surface area contributed by atoms with Gasteiger partial charge in [-0.1, -0.05) is 18.6 Å². The van der Waals surface area contributed by atoms with E-state index in [1.165, 1.54) is 0 Å². The highest BCUT2D eigenvalue weighted by atomic mass is 16.1. The Morgan fingerprint density at radius 1 is 1.25 bits per heavy atom. The first-order valence-electron chi connectivity index (χ1n) is 7.32. The number of aryl methyl sites for hydroxylation is 1. The highest BCUT2D eigenvalue weighted by Gasteiger charge is 2.10. The van der Waals surface area contributed by atoms with Gasteiger partial charge < -0.3 is 15.5 Å². The van der Waals surface area contributed by atoms with Gasteiger partial charge in [0, 0.05) is 18.8 Å². The van der Waals surface area contributed by atoms with Crippen molar-refractivity contribution in [3.05, 3.63) is 29.3 Å². The number of hydrogen-bond acceptors (Lipinski definition) is 3. The quantitative estimate of drug-likeness (QED) is 0.718. The smallest absolute Gasteiger partial charge is 0.253 e. The Morgan fingerprint density at radius 2 is 2.00 bits per heavy atom. The van der Waals surface area contributed by atoms with E-state index in [9.17, 15) is 4.79 Å². The van der Waals surface area contributed by atoms with Crippen LogP contribution in [0.25, 0.3) is 0 Å². The summed E-state index contributed by atoms with van der Waals surface area (Å²) in [5.41, 5.74) is 2.76. The van der Waals surface area contributed by atoms with Crippen LogP contribution in [0.4, 0.5) is 5.69 Å². The van der Waals surface area contributed by atoms with Crippen molar-refractivity contribution in [1.82, 2.24) is 10.2 Å². The van der Waals surface area contributed by atoms with Crippen LogP contribution in [0.3, 0.4) is 0 Å². The summed E-state index contributed by atoms with van der Waals surface area (Å²) in [5, 5.41) is 6.30. The number of amides is 1. The third-order valence-electron chi connectivity index (χ3n) is 3.05. The van der Waals surface area contributed by atoms with Crippen LogP contribution in [-0.2, 0) is 0 Å². The molecule has 0 aliphatic heterocycles. The number of anilines is 1. The summed E-state index contributed by atoms with van der Waals surface area (Å²) in [5.74, 6) is 0.00561. The van der Waals surface area contributed by atoms with Gasteiger partial charge in [0.2, 0.25) is 0 Å². The van der Waals surface area contributed by atoms with Crippen LogP contribution in [0.2, 0.25) is 0 Å². The number of nitrogens with zero attached hydrogens (tertiary/aromatic N) is 1. The first kappa shape index (κ1) is 16.5. The number of carbonyl (C=O) groups is 1. The van der Waals surface area contributed by atoms with E-state index >= 15 is 0 Å². The number of carbonyl (C=O) groups excluding carboxylic acids is 1. The van der Waals surface area contributed by atoms with Crippen molar-refractivity contribution in [3.8, 4) is 0 Å². The average molecular weight is 277 g/mol. The fraction of sp³-hybridized carbons (Fsp3) is 0.562. The fourth-order valence-corrected chi connectivity index (χ4v) is 1.95. The van der Waals surface area contributed by atoms with Crippen LogP contribution in [0.1, 0.15) is 35.7 Å². The summed E-state index contributed by atoms with van der Waals surface area (Å²) < 4.78 is 0. The van der Waals surface area contributed by atoms with Gasteiger partial charge in [0.1, 0.15) is 0 Å². The minimum Gasteiger partial charge on any atom is -0.384 e. The molecule has 0 aliphatic carbocycles. The monoisotopic (exact) mass is 277 g/mol. The molecule has 0 saturated carbocycles. The van der Waals surface area contributed by atoms with E-state index in [4.69, 9.17) is 0 Å². The van der Waals surface area contributed by atoms with Crippen molar-refractivity contribution >= 4 is 11.6 Å². The first-order valence-corrected chi connectivity index (χ1v) is 7.32.